The zero-order valence-corrected chi connectivity index (χ0v) is 11.7. The monoisotopic (exact) mass is 313 g/mol. The molecule has 1 aromatic carbocycles. The second-order valence-electron chi connectivity index (χ2n) is 4.73. The first-order valence-electron chi connectivity index (χ1n) is 6.41. The van der Waals surface area contributed by atoms with E-state index in [0.29, 0.717) is 5.69 Å². The van der Waals surface area contributed by atoms with Gasteiger partial charge in [-0.25, -0.2) is 4.98 Å². The van der Waals surface area contributed by atoms with Gasteiger partial charge in [-0.2, -0.15) is 13.2 Å². The van der Waals surface area contributed by atoms with Gasteiger partial charge in [0.05, 0.1) is 23.7 Å². The lowest BCUT2D eigenvalue weighted by Crippen LogP contribution is -2.19. The summed E-state index contributed by atoms with van der Waals surface area (Å²) < 4.78 is 40.2. The Labute approximate surface area is 124 Å². The van der Waals surface area contributed by atoms with Crippen LogP contribution in [0.15, 0.2) is 30.9 Å². The van der Waals surface area contributed by atoms with Crippen LogP contribution >= 0.6 is 0 Å². The van der Waals surface area contributed by atoms with Gasteiger partial charge in [0.2, 0.25) is 11.7 Å². The Hall–Kier alpha value is -2.35. The van der Waals surface area contributed by atoms with E-state index in [1.807, 2.05) is 0 Å². The summed E-state index contributed by atoms with van der Waals surface area (Å²) in [4.78, 5) is 14.8. The summed E-state index contributed by atoms with van der Waals surface area (Å²) in [5.41, 5.74) is 0.618. The van der Waals surface area contributed by atoms with E-state index in [2.05, 4.69) is 16.9 Å². The van der Waals surface area contributed by atoms with Gasteiger partial charge in [-0.1, -0.05) is 6.58 Å². The van der Waals surface area contributed by atoms with Crippen molar-refractivity contribution in [1.29, 1.82) is 0 Å². The highest BCUT2D eigenvalue weighted by molar-refractivity contribution is 6.00. The van der Waals surface area contributed by atoms with E-state index in [0.717, 1.165) is 10.6 Å². The third-order valence-electron chi connectivity index (χ3n) is 3.10. The van der Waals surface area contributed by atoms with Crippen molar-refractivity contribution < 1.29 is 23.1 Å². The summed E-state index contributed by atoms with van der Waals surface area (Å²) >= 11 is 0. The molecule has 5 nitrogen and oxygen atoms in total. The number of carbonyl (C=O) groups is 1. The molecule has 0 fully saturated rings. The molecule has 1 amide bonds. The van der Waals surface area contributed by atoms with Crippen LogP contribution < -0.4 is 5.32 Å². The Morgan fingerprint density at radius 2 is 2.23 bits per heavy atom. The molecule has 118 valence electrons. The van der Waals surface area contributed by atoms with Crippen molar-refractivity contribution in [2.75, 3.05) is 11.9 Å². The Bertz CT molecular complexity index is 722. The van der Waals surface area contributed by atoms with Crippen molar-refractivity contribution in [3.05, 3.63) is 36.7 Å². The van der Waals surface area contributed by atoms with Gasteiger partial charge in [-0.05, 0) is 31.2 Å². The fourth-order valence-corrected chi connectivity index (χ4v) is 2.10. The number of nitrogens with one attached hydrogen (secondary N) is 1. The van der Waals surface area contributed by atoms with E-state index in [-0.39, 0.29) is 11.0 Å². The fraction of sp³-hybridized carbons (Fsp3) is 0.286. The van der Waals surface area contributed by atoms with Crippen LogP contribution in [-0.2, 0) is 11.0 Å². The number of fused-ring (bicyclic) bond motifs is 1. The smallest absolute Gasteiger partial charge is 0.394 e. The zero-order chi connectivity index (χ0) is 16.5. The normalized spacial score (nSPS) is 13.1. The summed E-state index contributed by atoms with van der Waals surface area (Å²) in [6, 6.07) is 3.44. The molecule has 0 aliphatic rings. The van der Waals surface area contributed by atoms with Crippen LogP contribution in [0, 0.1) is 0 Å². The Kier molecular flexibility index (Phi) is 4.23. The van der Waals surface area contributed by atoms with E-state index in [1.54, 1.807) is 0 Å². The van der Waals surface area contributed by atoms with Gasteiger partial charge in [0.1, 0.15) is 0 Å². The van der Waals surface area contributed by atoms with Crippen LogP contribution in [0.5, 0.6) is 0 Å². The molecule has 0 spiro atoms. The maximum Gasteiger partial charge on any atom is 0.449 e. The second-order valence-corrected chi connectivity index (χ2v) is 4.73. The molecule has 0 bridgehead atoms. The van der Waals surface area contributed by atoms with Gasteiger partial charge < -0.3 is 15.0 Å². The number of aromatic nitrogens is 2. The Morgan fingerprint density at radius 3 is 2.77 bits per heavy atom. The largest absolute Gasteiger partial charge is 0.449 e. The number of aliphatic hydroxyl groups is 1. The van der Waals surface area contributed by atoms with Crippen LogP contribution in [0.2, 0.25) is 0 Å². The molecule has 2 aromatic rings. The van der Waals surface area contributed by atoms with Gasteiger partial charge in [-0.3, -0.25) is 4.79 Å². The number of rotatable bonds is 4. The molecule has 8 heteroatoms. The van der Waals surface area contributed by atoms with Crippen molar-refractivity contribution in [2.24, 2.45) is 0 Å². The minimum absolute atomic E-state index is 0.0782. The minimum atomic E-state index is -4.65. The molecule has 2 N–H and O–H groups in total. The molecule has 0 radical (unpaired) electrons. The van der Waals surface area contributed by atoms with E-state index in [9.17, 15) is 23.1 Å². The summed E-state index contributed by atoms with van der Waals surface area (Å²) in [7, 11) is 0. The molecule has 0 aliphatic heterocycles. The van der Waals surface area contributed by atoms with Crippen molar-refractivity contribution in [2.45, 2.75) is 19.1 Å². The summed E-state index contributed by atoms with van der Waals surface area (Å²) in [6.07, 6.45) is -3.59. The number of hydrogen-bond donors (Lipinski definition) is 2. The van der Waals surface area contributed by atoms with Gasteiger partial charge >= 0.3 is 6.18 Å². The lowest BCUT2D eigenvalue weighted by Gasteiger charge is -2.16. The number of aliphatic hydroxyl groups excluding tert-OH is 1. The number of anilines is 1. The van der Waals surface area contributed by atoms with E-state index in [1.165, 1.54) is 25.1 Å². The summed E-state index contributed by atoms with van der Waals surface area (Å²) in [5, 5.41) is 11.6. The highest BCUT2D eigenvalue weighted by atomic mass is 19.4. The first-order chi connectivity index (χ1) is 10.3. The molecular formula is C14H14F3N3O2. The van der Waals surface area contributed by atoms with Crippen molar-refractivity contribution in [3.63, 3.8) is 0 Å². The van der Waals surface area contributed by atoms with Crippen LogP contribution in [0.4, 0.5) is 18.9 Å². The second kappa shape index (κ2) is 5.80. The first-order valence-corrected chi connectivity index (χ1v) is 6.41. The predicted octanol–water partition coefficient (Wildman–Crippen LogP) is 2.73. The minimum Gasteiger partial charge on any atom is -0.394 e. The SMILES string of the molecule is C=CC(=O)Nc1ccc2c(c1)nc(C(F)(F)F)n2C(C)CO. The van der Waals surface area contributed by atoms with Crippen molar-refractivity contribution in [1.82, 2.24) is 9.55 Å². The standard InChI is InChI=1S/C14H14F3N3O2/c1-3-12(22)18-9-4-5-11-10(6-9)19-13(14(15,16)17)20(11)8(2)7-21/h3-6,8,21H,1,7H2,2H3,(H,18,22). The van der Waals surface area contributed by atoms with Crippen LogP contribution in [-0.4, -0.2) is 27.2 Å². The Balaban J connectivity index is 2.60. The first kappa shape index (κ1) is 16.0. The topological polar surface area (TPSA) is 67.2 Å². The number of hydrogen-bond acceptors (Lipinski definition) is 3. The van der Waals surface area contributed by atoms with Crippen LogP contribution in [0.1, 0.15) is 18.8 Å². The summed E-state index contributed by atoms with van der Waals surface area (Å²) in [6.45, 7) is 4.30. The van der Waals surface area contributed by atoms with Crippen molar-refractivity contribution >= 4 is 22.6 Å². The third kappa shape index (κ3) is 2.96. The molecule has 2 rings (SSSR count). The molecule has 0 saturated carbocycles. The number of benzene rings is 1. The molecular weight excluding hydrogens is 299 g/mol. The Morgan fingerprint density at radius 1 is 1.55 bits per heavy atom. The molecule has 1 aromatic heterocycles. The maximum absolute atomic E-state index is 13.1. The van der Waals surface area contributed by atoms with Gasteiger partial charge in [0.15, 0.2) is 0 Å². The van der Waals surface area contributed by atoms with Gasteiger partial charge in [0.25, 0.3) is 0 Å². The zero-order valence-electron chi connectivity index (χ0n) is 11.7. The van der Waals surface area contributed by atoms with Crippen LogP contribution in [0.3, 0.4) is 0 Å². The van der Waals surface area contributed by atoms with Crippen molar-refractivity contribution in [3.8, 4) is 0 Å². The number of halogens is 3. The van der Waals surface area contributed by atoms with Gasteiger partial charge in [-0.15, -0.1) is 0 Å². The average molecular weight is 313 g/mol. The molecule has 0 aliphatic carbocycles. The van der Waals surface area contributed by atoms with E-state index < -0.39 is 30.6 Å². The molecule has 1 atom stereocenters. The third-order valence-corrected chi connectivity index (χ3v) is 3.10. The highest BCUT2D eigenvalue weighted by Gasteiger charge is 2.38. The van der Waals surface area contributed by atoms with Gasteiger partial charge in [0, 0.05) is 5.69 Å². The predicted molar refractivity (Wildman–Crippen MR) is 75.4 cm³/mol. The lowest BCUT2D eigenvalue weighted by atomic mass is 10.2. The molecule has 0 saturated heterocycles. The summed E-state index contributed by atoms with van der Waals surface area (Å²) in [5.74, 6) is -1.56. The average Bonchev–Trinajstić information content (AvgIpc) is 2.85. The molecule has 1 heterocycles. The number of amides is 1. The van der Waals surface area contributed by atoms with E-state index in [4.69, 9.17) is 0 Å². The van der Waals surface area contributed by atoms with E-state index >= 15 is 0 Å². The quantitative estimate of drug-likeness (QED) is 0.853. The lowest BCUT2D eigenvalue weighted by molar-refractivity contribution is -0.147. The van der Waals surface area contributed by atoms with Crippen LogP contribution in [0.25, 0.3) is 11.0 Å². The number of alkyl halides is 3. The number of nitrogens with zero attached hydrogens (tertiary/aromatic N) is 2. The molecule has 1 unspecified atom stereocenters. The number of carbonyl (C=O) groups excluding carboxylic acids is 1. The molecule has 22 heavy (non-hydrogen) atoms. The number of imidazole rings is 1. The highest BCUT2D eigenvalue weighted by Crippen LogP contribution is 2.34. The maximum atomic E-state index is 13.1. The fourth-order valence-electron chi connectivity index (χ4n) is 2.10.